The van der Waals surface area contributed by atoms with Crippen LogP contribution in [0.1, 0.15) is 38.2 Å². The summed E-state index contributed by atoms with van der Waals surface area (Å²) in [5.74, 6) is 0.0883. The van der Waals surface area contributed by atoms with E-state index in [1.165, 1.54) is 0 Å². The van der Waals surface area contributed by atoms with Crippen molar-refractivity contribution in [3.8, 4) is 0 Å². The number of amides is 1. The maximum atomic E-state index is 12.7. The lowest BCUT2D eigenvalue weighted by Crippen LogP contribution is -2.35. The number of piperidine rings is 1. The number of fused-ring (bicyclic) bond motifs is 1. The van der Waals surface area contributed by atoms with Crippen LogP contribution in [0, 0.1) is 0 Å². The summed E-state index contributed by atoms with van der Waals surface area (Å²) >= 11 is 0. The molecule has 22 heavy (non-hydrogen) atoms. The fraction of sp³-hybridized carbons (Fsp3) is 0.562. The van der Waals surface area contributed by atoms with Crippen LogP contribution >= 0.6 is 0 Å². The largest absolute Gasteiger partial charge is 0.312 e. The molecule has 0 bridgehead atoms. The van der Waals surface area contributed by atoms with Crippen molar-refractivity contribution in [1.82, 2.24) is 4.31 Å². The standard InChI is InChI=1S/C16H22N2O3S/c1-2-16(19)18-11-8-13-12-14(6-7-15(13)18)22(20,21)17-9-4-3-5-10-17/h6-7,12H,2-5,8-11H2,1H3. The molecule has 0 saturated carbocycles. The van der Waals surface area contributed by atoms with Crippen molar-refractivity contribution in [3.05, 3.63) is 23.8 Å². The van der Waals surface area contributed by atoms with E-state index in [0.29, 0.717) is 31.0 Å². The normalized spacial score (nSPS) is 19.2. The summed E-state index contributed by atoms with van der Waals surface area (Å²) in [7, 11) is -3.40. The second kappa shape index (κ2) is 6.01. The van der Waals surface area contributed by atoms with Gasteiger partial charge < -0.3 is 4.90 Å². The van der Waals surface area contributed by atoms with Crippen LogP contribution in [-0.2, 0) is 21.2 Å². The molecule has 0 aliphatic carbocycles. The Bertz CT molecular complexity index is 679. The summed E-state index contributed by atoms with van der Waals surface area (Å²) in [5, 5.41) is 0. The van der Waals surface area contributed by atoms with Crippen LogP contribution in [0.2, 0.25) is 0 Å². The maximum Gasteiger partial charge on any atom is 0.243 e. The van der Waals surface area contributed by atoms with Gasteiger partial charge in [-0.1, -0.05) is 13.3 Å². The van der Waals surface area contributed by atoms with E-state index in [2.05, 4.69) is 0 Å². The van der Waals surface area contributed by atoms with E-state index in [-0.39, 0.29) is 5.91 Å². The van der Waals surface area contributed by atoms with Gasteiger partial charge in [-0.3, -0.25) is 4.79 Å². The zero-order chi connectivity index (χ0) is 15.7. The van der Waals surface area contributed by atoms with Crippen LogP contribution in [0.3, 0.4) is 0 Å². The molecule has 1 saturated heterocycles. The number of sulfonamides is 1. The summed E-state index contributed by atoms with van der Waals surface area (Å²) < 4.78 is 27.0. The minimum Gasteiger partial charge on any atom is -0.312 e. The smallest absolute Gasteiger partial charge is 0.243 e. The summed E-state index contributed by atoms with van der Waals surface area (Å²) in [4.78, 5) is 14.0. The number of nitrogens with zero attached hydrogens (tertiary/aromatic N) is 2. The van der Waals surface area contributed by atoms with Gasteiger partial charge in [0.05, 0.1) is 4.90 Å². The average molecular weight is 322 g/mol. The first-order valence-electron chi connectivity index (χ1n) is 7.97. The van der Waals surface area contributed by atoms with Gasteiger partial charge >= 0.3 is 0 Å². The van der Waals surface area contributed by atoms with E-state index in [1.54, 1.807) is 27.4 Å². The highest BCUT2D eigenvalue weighted by atomic mass is 32.2. The Kier molecular flexibility index (Phi) is 4.23. The van der Waals surface area contributed by atoms with Crippen molar-refractivity contribution in [3.63, 3.8) is 0 Å². The van der Waals surface area contributed by atoms with Gasteiger partial charge in [0.25, 0.3) is 0 Å². The molecule has 2 aliphatic heterocycles. The first-order valence-corrected chi connectivity index (χ1v) is 9.41. The van der Waals surface area contributed by atoms with Crippen LogP contribution in [0.15, 0.2) is 23.1 Å². The fourth-order valence-corrected chi connectivity index (χ4v) is 4.81. The van der Waals surface area contributed by atoms with Crippen molar-refractivity contribution in [2.75, 3.05) is 24.5 Å². The van der Waals surface area contributed by atoms with E-state index in [1.807, 2.05) is 6.92 Å². The Morgan fingerprint density at radius 1 is 1.14 bits per heavy atom. The zero-order valence-corrected chi connectivity index (χ0v) is 13.7. The SMILES string of the molecule is CCC(=O)N1CCc2cc(S(=O)(=O)N3CCCCC3)ccc21. The Labute approximate surface area is 132 Å². The van der Waals surface area contributed by atoms with Crippen molar-refractivity contribution in [2.24, 2.45) is 0 Å². The lowest BCUT2D eigenvalue weighted by Gasteiger charge is -2.26. The number of hydrogen-bond donors (Lipinski definition) is 0. The van der Waals surface area contributed by atoms with Gasteiger partial charge in [0.15, 0.2) is 0 Å². The summed E-state index contributed by atoms with van der Waals surface area (Å²) in [6, 6.07) is 5.18. The quantitative estimate of drug-likeness (QED) is 0.857. The third-order valence-electron chi connectivity index (χ3n) is 4.50. The molecule has 0 atom stereocenters. The number of rotatable bonds is 3. The van der Waals surface area contributed by atoms with Gasteiger partial charge in [0, 0.05) is 31.7 Å². The van der Waals surface area contributed by atoms with Crippen LogP contribution in [0.4, 0.5) is 5.69 Å². The van der Waals surface area contributed by atoms with Crippen molar-refractivity contribution in [2.45, 2.75) is 43.9 Å². The van der Waals surface area contributed by atoms with E-state index in [4.69, 9.17) is 0 Å². The minimum absolute atomic E-state index is 0.0883. The molecule has 120 valence electrons. The topological polar surface area (TPSA) is 57.7 Å². The molecule has 2 aliphatic rings. The highest BCUT2D eigenvalue weighted by Crippen LogP contribution is 2.32. The van der Waals surface area contributed by atoms with Crippen molar-refractivity contribution < 1.29 is 13.2 Å². The number of anilines is 1. The van der Waals surface area contributed by atoms with Crippen LogP contribution in [0.25, 0.3) is 0 Å². The molecule has 5 nitrogen and oxygen atoms in total. The lowest BCUT2D eigenvalue weighted by molar-refractivity contribution is -0.118. The number of benzene rings is 1. The van der Waals surface area contributed by atoms with Crippen molar-refractivity contribution >= 4 is 21.6 Å². The second-order valence-electron chi connectivity index (χ2n) is 5.90. The predicted octanol–water partition coefficient (Wildman–Crippen LogP) is 2.16. The average Bonchev–Trinajstić information content (AvgIpc) is 2.98. The molecule has 1 aromatic carbocycles. The molecular formula is C16H22N2O3S. The minimum atomic E-state index is -3.40. The van der Waals surface area contributed by atoms with E-state index in [9.17, 15) is 13.2 Å². The summed E-state index contributed by atoms with van der Waals surface area (Å²) in [6.45, 7) is 3.71. The highest BCUT2D eigenvalue weighted by molar-refractivity contribution is 7.89. The Morgan fingerprint density at radius 2 is 1.86 bits per heavy atom. The van der Waals surface area contributed by atoms with Gasteiger partial charge in [-0.05, 0) is 43.0 Å². The van der Waals surface area contributed by atoms with Gasteiger partial charge in [-0.15, -0.1) is 0 Å². The molecule has 0 N–H and O–H groups in total. The predicted molar refractivity (Wildman–Crippen MR) is 85.4 cm³/mol. The highest BCUT2D eigenvalue weighted by Gasteiger charge is 2.29. The molecule has 0 unspecified atom stereocenters. The molecule has 3 rings (SSSR count). The fourth-order valence-electron chi connectivity index (χ4n) is 3.24. The molecule has 2 heterocycles. The van der Waals surface area contributed by atoms with Crippen molar-refractivity contribution in [1.29, 1.82) is 0 Å². The van der Waals surface area contributed by atoms with Gasteiger partial charge in [0.2, 0.25) is 15.9 Å². The first-order chi connectivity index (χ1) is 10.5. The molecule has 6 heteroatoms. The monoisotopic (exact) mass is 322 g/mol. The van der Waals surface area contributed by atoms with E-state index < -0.39 is 10.0 Å². The van der Waals surface area contributed by atoms with E-state index >= 15 is 0 Å². The molecule has 1 aromatic rings. The molecule has 1 amide bonds. The first kappa shape index (κ1) is 15.5. The van der Waals surface area contributed by atoms with Crippen LogP contribution in [0.5, 0.6) is 0 Å². The van der Waals surface area contributed by atoms with Gasteiger partial charge in [-0.25, -0.2) is 8.42 Å². The zero-order valence-electron chi connectivity index (χ0n) is 12.9. The molecular weight excluding hydrogens is 300 g/mol. The molecule has 0 aromatic heterocycles. The maximum absolute atomic E-state index is 12.7. The molecule has 0 spiro atoms. The number of hydrogen-bond acceptors (Lipinski definition) is 3. The van der Waals surface area contributed by atoms with Gasteiger partial charge in [-0.2, -0.15) is 4.31 Å². The third kappa shape index (κ3) is 2.65. The number of carbonyl (C=O) groups is 1. The Balaban J connectivity index is 1.90. The van der Waals surface area contributed by atoms with E-state index in [0.717, 1.165) is 36.9 Å². The number of carbonyl (C=O) groups excluding carboxylic acids is 1. The molecule has 1 fully saturated rings. The summed E-state index contributed by atoms with van der Waals surface area (Å²) in [5.41, 5.74) is 1.82. The second-order valence-corrected chi connectivity index (χ2v) is 7.84. The van der Waals surface area contributed by atoms with Crippen LogP contribution in [-0.4, -0.2) is 38.3 Å². The van der Waals surface area contributed by atoms with Crippen LogP contribution < -0.4 is 4.90 Å². The lowest BCUT2D eigenvalue weighted by atomic mass is 10.2. The third-order valence-corrected chi connectivity index (χ3v) is 6.40. The van der Waals surface area contributed by atoms with Gasteiger partial charge in [0.1, 0.15) is 0 Å². The molecule has 0 radical (unpaired) electrons. The Hall–Kier alpha value is -1.40. The Morgan fingerprint density at radius 3 is 2.55 bits per heavy atom. The summed E-state index contributed by atoms with van der Waals surface area (Å²) in [6.07, 6.45) is 4.16.